The van der Waals surface area contributed by atoms with Gasteiger partial charge in [0.2, 0.25) is 5.91 Å². The molecule has 0 spiro atoms. The van der Waals surface area contributed by atoms with Gasteiger partial charge in [-0.05, 0) is 19.3 Å². The first-order valence-corrected chi connectivity index (χ1v) is 5.77. The Kier molecular flexibility index (Phi) is 5.39. The Labute approximate surface area is 103 Å². The zero-order chi connectivity index (χ0) is 13.8. The predicted octanol–water partition coefficient (Wildman–Crippen LogP) is 2.16. The number of carbonyl (C=O) groups excluding carboxylic acids is 1. The fourth-order valence-electron chi connectivity index (χ4n) is 1.70. The van der Waals surface area contributed by atoms with Gasteiger partial charge < -0.3 is 10.0 Å². The topological polar surface area (TPSA) is 57.6 Å². The van der Waals surface area contributed by atoms with Crippen molar-refractivity contribution in [2.75, 3.05) is 13.1 Å². The molecule has 0 saturated heterocycles. The summed E-state index contributed by atoms with van der Waals surface area (Å²) in [6.07, 6.45) is 0. The number of rotatable bonds is 5. The van der Waals surface area contributed by atoms with E-state index < -0.39 is 17.3 Å². The maximum atomic E-state index is 12.2. The Balaban J connectivity index is 5.07. The van der Waals surface area contributed by atoms with Crippen molar-refractivity contribution >= 4 is 11.9 Å². The van der Waals surface area contributed by atoms with Crippen LogP contribution >= 0.6 is 0 Å². The first kappa shape index (κ1) is 15.7. The summed E-state index contributed by atoms with van der Waals surface area (Å²) in [5, 5.41) is 9.19. The van der Waals surface area contributed by atoms with Crippen molar-refractivity contribution in [1.82, 2.24) is 4.90 Å². The summed E-state index contributed by atoms with van der Waals surface area (Å²) in [5.41, 5.74) is 0.254. The van der Waals surface area contributed by atoms with Crippen molar-refractivity contribution < 1.29 is 14.7 Å². The molecule has 0 aromatic carbocycles. The lowest BCUT2D eigenvalue weighted by Crippen LogP contribution is -2.45. The van der Waals surface area contributed by atoms with E-state index in [1.165, 1.54) is 4.90 Å². The molecule has 98 valence electrons. The van der Waals surface area contributed by atoms with Gasteiger partial charge in [0.1, 0.15) is 5.92 Å². The summed E-state index contributed by atoms with van der Waals surface area (Å²) in [5.74, 6) is -2.42. The number of amides is 1. The highest BCUT2D eigenvalue weighted by atomic mass is 16.4. The number of nitrogens with zero attached hydrogens (tertiary/aromatic N) is 1. The Bertz CT molecular complexity index is 315. The summed E-state index contributed by atoms with van der Waals surface area (Å²) in [4.78, 5) is 25.0. The van der Waals surface area contributed by atoms with E-state index in [0.29, 0.717) is 13.1 Å². The standard InChI is InChI=1S/C13H23NO3/c1-7-14(8-9(2)3)11(15)10(12(16)17)13(4,5)6/h10H,2,7-8H2,1,3-6H3,(H,16,17). The second kappa shape index (κ2) is 5.84. The summed E-state index contributed by atoms with van der Waals surface area (Å²) in [7, 11) is 0. The highest BCUT2D eigenvalue weighted by Crippen LogP contribution is 2.28. The van der Waals surface area contributed by atoms with Gasteiger partial charge in [-0.3, -0.25) is 9.59 Å². The lowest BCUT2D eigenvalue weighted by atomic mass is 9.80. The SMILES string of the molecule is C=C(C)CN(CC)C(=O)C(C(=O)O)C(C)(C)C. The van der Waals surface area contributed by atoms with E-state index in [4.69, 9.17) is 0 Å². The van der Waals surface area contributed by atoms with E-state index >= 15 is 0 Å². The predicted molar refractivity (Wildman–Crippen MR) is 67.6 cm³/mol. The molecule has 4 nitrogen and oxygen atoms in total. The van der Waals surface area contributed by atoms with E-state index in [1.807, 2.05) is 13.8 Å². The molecule has 0 aromatic heterocycles. The molecule has 0 radical (unpaired) electrons. The van der Waals surface area contributed by atoms with E-state index in [2.05, 4.69) is 6.58 Å². The van der Waals surface area contributed by atoms with Gasteiger partial charge in [-0.25, -0.2) is 0 Å². The van der Waals surface area contributed by atoms with Crippen molar-refractivity contribution in [1.29, 1.82) is 0 Å². The molecule has 0 aliphatic carbocycles. The second-order valence-electron chi connectivity index (χ2n) is 5.45. The maximum Gasteiger partial charge on any atom is 0.316 e. The van der Waals surface area contributed by atoms with Crippen molar-refractivity contribution in [3.05, 3.63) is 12.2 Å². The van der Waals surface area contributed by atoms with Gasteiger partial charge in [-0.15, -0.1) is 0 Å². The summed E-state index contributed by atoms with van der Waals surface area (Å²) in [6, 6.07) is 0. The highest BCUT2D eigenvalue weighted by molar-refractivity contribution is 5.97. The average molecular weight is 241 g/mol. The fraction of sp³-hybridized carbons (Fsp3) is 0.692. The van der Waals surface area contributed by atoms with Crippen molar-refractivity contribution in [3.63, 3.8) is 0 Å². The van der Waals surface area contributed by atoms with Crippen LogP contribution in [0.15, 0.2) is 12.2 Å². The van der Waals surface area contributed by atoms with Gasteiger partial charge in [-0.2, -0.15) is 0 Å². The molecule has 17 heavy (non-hydrogen) atoms. The van der Waals surface area contributed by atoms with Gasteiger partial charge in [0.05, 0.1) is 0 Å². The van der Waals surface area contributed by atoms with Gasteiger partial charge in [0.25, 0.3) is 0 Å². The molecule has 1 amide bonds. The monoisotopic (exact) mass is 241 g/mol. The minimum atomic E-state index is -1.07. The van der Waals surface area contributed by atoms with Crippen LogP contribution in [0.3, 0.4) is 0 Å². The molecular formula is C13H23NO3. The minimum Gasteiger partial charge on any atom is -0.481 e. The van der Waals surface area contributed by atoms with Crippen molar-refractivity contribution in [3.8, 4) is 0 Å². The molecule has 0 aromatic rings. The van der Waals surface area contributed by atoms with Crippen LogP contribution in [0.4, 0.5) is 0 Å². The van der Waals surface area contributed by atoms with Gasteiger partial charge in [-0.1, -0.05) is 32.9 Å². The number of carboxylic acids is 1. The maximum absolute atomic E-state index is 12.2. The Morgan fingerprint density at radius 1 is 1.35 bits per heavy atom. The van der Waals surface area contributed by atoms with E-state index in [0.717, 1.165) is 5.57 Å². The van der Waals surface area contributed by atoms with Crippen LogP contribution in [0.5, 0.6) is 0 Å². The lowest BCUT2D eigenvalue weighted by molar-refractivity contribution is -0.155. The number of likely N-dealkylation sites (N-methyl/N-ethyl adjacent to an activating group) is 1. The minimum absolute atomic E-state index is 0.337. The van der Waals surface area contributed by atoms with Crippen LogP contribution in [0.2, 0.25) is 0 Å². The lowest BCUT2D eigenvalue weighted by Gasteiger charge is -2.31. The van der Waals surface area contributed by atoms with Crippen molar-refractivity contribution in [2.45, 2.75) is 34.6 Å². The zero-order valence-corrected chi connectivity index (χ0v) is 11.4. The van der Waals surface area contributed by atoms with Gasteiger partial charge in [0.15, 0.2) is 0 Å². The van der Waals surface area contributed by atoms with Crippen LogP contribution in [-0.4, -0.2) is 35.0 Å². The first-order chi connectivity index (χ1) is 7.61. The van der Waals surface area contributed by atoms with E-state index in [1.54, 1.807) is 20.8 Å². The number of hydrogen-bond acceptors (Lipinski definition) is 2. The third-order valence-corrected chi connectivity index (χ3v) is 2.51. The molecule has 1 N–H and O–H groups in total. The Morgan fingerprint density at radius 2 is 1.82 bits per heavy atom. The van der Waals surface area contributed by atoms with Crippen LogP contribution in [0, 0.1) is 11.3 Å². The first-order valence-electron chi connectivity index (χ1n) is 5.77. The molecule has 0 bridgehead atoms. The van der Waals surface area contributed by atoms with Crippen LogP contribution < -0.4 is 0 Å². The molecule has 0 aliphatic rings. The highest BCUT2D eigenvalue weighted by Gasteiger charge is 2.39. The zero-order valence-electron chi connectivity index (χ0n) is 11.4. The second-order valence-corrected chi connectivity index (χ2v) is 5.45. The third kappa shape index (κ3) is 4.59. The molecule has 0 saturated carbocycles. The summed E-state index contributed by atoms with van der Waals surface area (Å²) >= 11 is 0. The smallest absolute Gasteiger partial charge is 0.316 e. The molecule has 4 heteroatoms. The molecule has 0 rings (SSSR count). The van der Waals surface area contributed by atoms with E-state index in [9.17, 15) is 14.7 Å². The number of carbonyl (C=O) groups is 2. The molecular weight excluding hydrogens is 218 g/mol. The Morgan fingerprint density at radius 3 is 2.06 bits per heavy atom. The quantitative estimate of drug-likeness (QED) is 0.592. The van der Waals surface area contributed by atoms with Crippen LogP contribution in [0.1, 0.15) is 34.6 Å². The molecule has 0 aliphatic heterocycles. The average Bonchev–Trinajstić information content (AvgIpc) is 2.10. The van der Waals surface area contributed by atoms with Crippen molar-refractivity contribution in [2.24, 2.45) is 11.3 Å². The Hall–Kier alpha value is -1.32. The summed E-state index contributed by atoms with van der Waals surface area (Å²) in [6.45, 7) is 13.6. The molecule has 0 fully saturated rings. The normalized spacial score (nSPS) is 13.0. The fourth-order valence-corrected chi connectivity index (χ4v) is 1.70. The summed E-state index contributed by atoms with van der Waals surface area (Å²) < 4.78 is 0. The van der Waals surface area contributed by atoms with E-state index in [-0.39, 0.29) is 5.91 Å². The molecule has 1 atom stereocenters. The number of hydrogen-bond donors (Lipinski definition) is 1. The van der Waals surface area contributed by atoms with Gasteiger partial charge in [0, 0.05) is 13.1 Å². The molecule has 0 heterocycles. The third-order valence-electron chi connectivity index (χ3n) is 2.51. The van der Waals surface area contributed by atoms with Gasteiger partial charge >= 0.3 is 5.97 Å². The number of aliphatic carboxylic acids is 1. The van der Waals surface area contributed by atoms with Crippen LogP contribution in [0.25, 0.3) is 0 Å². The molecule has 1 unspecified atom stereocenters. The largest absolute Gasteiger partial charge is 0.481 e. The number of carboxylic acid groups (broad SMARTS) is 1. The van der Waals surface area contributed by atoms with Crippen LogP contribution in [-0.2, 0) is 9.59 Å².